The number of ether oxygens (including phenoxy) is 1. The maximum atomic E-state index is 12.6. The third-order valence-corrected chi connectivity index (χ3v) is 14.3. The van der Waals surface area contributed by atoms with Crippen LogP contribution in [-0.4, -0.2) is 99.8 Å². The zero-order valence-electron chi connectivity index (χ0n) is 36.6. The van der Waals surface area contributed by atoms with Crippen molar-refractivity contribution in [3.8, 4) is 11.5 Å². The van der Waals surface area contributed by atoms with Gasteiger partial charge in [-0.25, -0.2) is 22.6 Å². The van der Waals surface area contributed by atoms with Crippen molar-refractivity contribution in [3.63, 3.8) is 0 Å². The molecule has 0 spiro atoms. The lowest BCUT2D eigenvalue weighted by Gasteiger charge is -2.11. The number of azo groups is 3. The van der Waals surface area contributed by atoms with E-state index in [9.17, 15) is 56.3 Å². The van der Waals surface area contributed by atoms with Gasteiger partial charge in [0.15, 0.2) is 15.6 Å². The normalized spacial score (nSPS) is 12.8. The van der Waals surface area contributed by atoms with Crippen LogP contribution in [0.5, 0.6) is 11.5 Å². The SMILES string of the molecule is COc1cc(N=Nc2c(S(=O)(=O)O)cc3cc(Nc4ncnc(Nc5ccc(S(=O)(=O)CCOS(=O)(=O)O)cc5)n4)ccc3c2O)ccc1N=Nc1ccc(N=Nc2ccc(S(=O)(=O)O)cc2)cc1S(=O)(=O)O. The van der Waals surface area contributed by atoms with Crippen LogP contribution in [0.4, 0.5) is 57.4 Å². The Morgan fingerprint density at radius 2 is 1.10 bits per heavy atom. The summed E-state index contributed by atoms with van der Waals surface area (Å²) >= 11 is 0. The van der Waals surface area contributed by atoms with Gasteiger partial charge in [-0.05, 0) is 109 Å². The van der Waals surface area contributed by atoms with Crippen molar-refractivity contribution in [3.05, 3.63) is 116 Å². The molecule has 73 heavy (non-hydrogen) atoms. The Bertz CT molecular complexity index is 3960. The molecular weight excluding hydrogens is 1070 g/mol. The van der Waals surface area contributed by atoms with E-state index in [-0.39, 0.29) is 72.3 Å². The van der Waals surface area contributed by atoms with Crippen LogP contribution in [0.25, 0.3) is 10.8 Å². The summed E-state index contributed by atoms with van der Waals surface area (Å²) in [5, 5.41) is 40.9. The summed E-state index contributed by atoms with van der Waals surface area (Å²) in [6.45, 7) is -0.802. The molecule has 0 atom stereocenters. The van der Waals surface area contributed by atoms with Gasteiger partial charge in [-0.15, -0.1) is 15.3 Å². The molecule has 0 radical (unpaired) electrons. The number of nitrogens with zero attached hydrogens (tertiary/aromatic N) is 9. The third-order valence-electron chi connectivity index (χ3n) is 9.54. The van der Waals surface area contributed by atoms with Gasteiger partial charge in [0.25, 0.3) is 30.4 Å². The largest absolute Gasteiger partial charge is 0.505 e. The molecular formula is C40H33N11O17S5. The fraction of sp³-hybridized carbons (Fsp3) is 0.0750. The molecule has 0 saturated carbocycles. The average molecular weight is 1100 g/mol. The second-order valence-electron chi connectivity index (χ2n) is 14.5. The molecule has 0 unspecified atom stereocenters. The number of hydrogen-bond donors (Lipinski definition) is 7. The molecule has 1 aromatic heterocycles. The molecule has 0 aliphatic carbocycles. The highest BCUT2D eigenvalue weighted by Crippen LogP contribution is 2.43. The number of methoxy groups -OCH3 is 1. The van der Waals surface area contributed by atoms with Crippen LogP contribution in [0.2, 0.25) is 0 Å². The van der Waals surface area contributed by atoms with Gasteiger partial charge in [0.05, 0.1) is 46.3 Å². The Kier molecular flexibility index (Phi) is 15.3. The van der Waals surface area contributed by atoms with Crippen molar-refractivity contribution < 1.29 is 74.3 Å². The smallest absolute Gasteiger partial charge is 0.397 e. The predicted molar refractivity (Wildman–Crippen MR) is 256 cm³/mol. The zero-order valence-corrected chi connectivity index (χ0v) is 40.7. The second kappa shape index (κ2) is 21.1. The van der Waals surface area contributed by atoms with E-state index in [0.29, 0.717) is 5.69 Å². The Hall–Kier alpha value is -7.86. The molecule has 0 amide bonds. The van der Waals surface area contributed by atoms with Gasteiger partial charge in [0, 0.05) is 22.8 Å². The molecule has 33 heteroatoms. The average Bonchev–Trinajstić information content (AvgIpc) is 3.31. The monoisotopic (exact) mass is 1100 g/mol. The van der Waals surface area contributed by atoms with Gasteiger partial charge in [-0.2, -0.15) is 54.0 Å². The lowest BCUT2D eigenvalue weighted by Crippen LogP contribution is -2.15. The van der Waals surface area contributed by atoms with Crippen LogP contribution < -0.4 is 15.4 Å². The van der Waals surface area contributed by atoms with Gasteiger partial charge in [-0.1, -0.05) is 0 Å². The highest BCUT2D eigenvalue weighted by atomic mass is 32.3. The molecule has 28 nitrogen and oxygen atoms in total. The van der Waals surface area contributed by atoms with Crippen LogP contribution in [-0.2, 0) is 54.8 Å². The number of hydrogen-bond acceptors (Lipinski definition) is 24. The summed E-state index contributed by atoms with van der Waals surface area (Å²) in [5.74, 6) is -1.45. The fourth-order valence-corrected chi connectivity index (χ4v) is 9.46. The van der Waals surface area contributed by atoms with E-state index in [1.807, 2.05) is 0 Å². The van der Waals surface area contributed by atoms with Gasteiger partial charge in [0.1, 0.15) is 38.9 Å². The number of sulfone groups is 1. The summed E-state index contributed by atoms with van der Waals surface area (Å²) in [6, 6.07) is 22.5. The number of rotatable bonds is 19. The molecule has 0 bridgehead atoms. The maximum Gasteiger partial charge on any atom is 0.397 e. The molecule has 7 N–H and O–H groups in total. The van der Waals surface area contributed by atoms with Gasteiger partial charge in [-0.3, -0.25) is 18.2 Å². The summed E-state index contributed by atoms with van der Waals surface area (Å²) < 4.78 is 166. The maximum absolute atomic E-state index is 12.6. The van der Waals surface area contributed by atoms with E-state index in [4.69, 9.17) is 13.8 Å². The number of aromatic nitrogens is 3. The van der Waals surface area contributed by atoms with Gasteiger partial charge in [0.2, 0.25) is 11.9 Å². The van der Waals surface area contributed by atoms with Crippen LogP contribution in [0, 0.1) is 0 Å². The standard InChI is InChI=1S/C40H33N11O17S5/c1-67-34-20-27(7-14-32(34)49-50-33-15-8-28(21-35(33)71(58,59)60)47-46-25-4-11-30(12-5-25)70(55,56)57)48-51-37-36(72(61,62)63)19-23-18-26(6-13-31(23)38(37)52)44-40-42-22-41-39(45-40)43-24-2-9-29(10-3-24)69(53,54)17-16-68-73(64,65)66/h2-15,18-22,52H,16-17H2,1H3,(H,55,56,57)(H,58,59,60)(H,61,62,63)(H,64,65,66)(H2,41,42,43,44,45). The van der Waals surface area contributed by atoms with Crippen molar-refractivity contribution in [2.75, 3.05) is 30.1 Å². The quantitative estimate of drug-likeness (QED) is 0.0300. The molecule has 6 aromatic carbocycles. The van der Waals surface area contributed by atoms with Crippen molar-refractivity contribution in [1.82, 2.24) is 15.0 Å². The van der Waals surface area contributed by atoms with E-state index in [0.717, 1.165) is 36.7 Å². The molecule has 0 aliphatic heterocycles. The minimum absolute atomic E-state index is 0.00120. The lowest BCUT2D eigenvalue weighted by atomic mass is 10.1. The van der Waals surface area contributed by atoms with Crippen LogP contribution in [0.3, 0.4) is 0 Å². The lowest BCUT2D eigenvalue weighted by molar-refractivity contribution is 0.284. The van der Waals surface area contributed by atoms with Crippen molar-refractivity contribution >= 4 is 119 Å². The van der Waals surface area contributed by atoms with Crippen molar-refractivity contribution in [1.29, 1.82) is 0 Å². The third kappa shape index (κ3) is 13.8. The molecule has 1 heterocycles. The summed E-state index contributed by atoms with van der Waals surface area (Å²) in [5.41, 5.74) is -0.262. The molecule has 7 aromatic rings. The number of phenolic OH excluding ortho intramolecular Hbond substituents is 1. The second-order valence-corrected chi connectivity index (χ2v) is 21.9. The summed E-state index contributed by atoms with van der Waals surface area (Å²) in [6.07, 6.45) is 1.14. The first-order chi connectivity index (χ1) is 34.3. The highest BCUT2D eigenvalue weighted by Gasteiger charge is 2.23. The van der Waals surface area contributed by atoms with Crippen LogP contribution in [0.1, 0.15) is 0 Å². The topological polar surface area (TPSA) is 427 Å². The predicted octanol–water partition coefficient (Wildman–Crippen LogP) is 7.81. The Morgan fingerprint density at radius 3 is 1.71 bits per heavy atom. The number of aromatic hydroxyl groups is 1. The number of phenols is 1. The van der Waals surface area contributed by atoms with E-state index in [1.54, 1.807) is 0 Å². The summed E-state index contributed by atoms with van der Waals surface area (Å²) in [4.78, 5) is 10.2. The van der Waals surface area contributed by atoms with E-state index in [1.165, 1.54) is 86.0 Å². The first kappa shape index (κ1) is 53.0. The first-order valence-corrected chi connectivity index (χ1v) is 27.2. The molecule has 0 fully saturated rings. The zero-order chi connectivity index (χ0) is 52.9. The Labute approximate surface area is 413 Å². The minimum Gasteiger partial charge on any atom is -0.505 e. The van der Waals surface area contributed by atoms with E-state index < -0.39 is 84.2 Å². The molecule has 0 aliphatic rings. The van der Waals surface area contributed by atoms with E-state index >= 15 is 0 Å². The number of nitrogens with one attached hydrogen (secondary N) is 2. The Morgan fingerprint density at radius 1 is 0.548 bits per heavy atom. The molecule has 380 valence electrons. The highest BCUT2D eigenvalue weighted by molar-refractivity contribution is 7.91. The minimum atomic E-state index is -5.07. The van der Waals surface area contributed by atoms with Gasteiger partial charge >= 0.3 is 10.4 Å². The first-order valence-electron chi connectivity index (χ1n) is 19.8. The van der Waals surface area contributed by atoms with Crippen LogP contribution in [0.15, 0.2) is 166 Å². The van der Waals surface area contributed by atoms with E-state index in [2.05, 4.69) is 60.5 Å². The van der Waals surface area contributed by atoms with Crippen LogP contribution >= 0.6 is 0 Å². The molecule has 0 saturated heterocycles. The number of anilines is 4. The number of fused-ring (bicyclic) bond motifs is 1. The van der Waals surface area contributed by atoms with Crippen molar-refractivity contribution in [2.24, 2.45) is 30.7 Å². The van der Waals surface area contributed by atoms with Gasteiger partial charge < -0.3 is 20.5 Å². The Balaban J connectivity index is 1.07. The molecule has 7 rings (SSSR count). The fourth-order valence-electron chi connectivity index (χ4n) is 6.19. The number of benzene rings is 6. The summed E-state index contributed by atoms with van der Waals surface area (Å²) in [7, 11) is -22.0. The van der Waals surface area contributed by atoms with Crippen molar-refractivity contribution in [2.45, 2.75) is 19.6 Å².